The molecular weight excluding hydrogens is 510 g/mol. The Kier molecular flexibility index (Phi) is 9.60. The molecule has 0 unspecified atom stereocenters. The first-order valence-corrected chi connectivity index (χ1v) is 16.0. The lowest BCUT2D eigenvalue weighted by atomic mass is 9.67. The number of likely N-dealkylation sites (tertiary alicyclic amines) is 1. The zero-order valence-electron chi connectivity index (χ0n) is 26.4. The lowest BCUT2D eigenvalue weighted by Gasteiger charge is -2.46. The van der Waals surface area contributed by atoms with E-state index in [4.69, 9.17) is 0 Å². The molecule has 1 aromatic heterocycles. The lowest BCUT2D eigenvalue weighted by molar-refractivity contribution is 0.116. The highest BCUT2D eigenvalue weighted by Gasteiger charge is 2.40. The van der Waals surface area contributed by atoms with Crippen molar-refractivity contribution in [1.29, 1.82) is 0 Å². The van der Waals surface area contributed by atoms with Crippen molar-refractivity contribution >= 4 is 0 Å². The molecule has 3 nitrogen and oxygen atoms in total. The van der Waals surface area contributed by atoms with Crippen LogP contribution in [0.25, 0.3) is 0 Å². The molecule has 5 rings (SSSR count). The van der Waals surface area contributed by atoms with Gasteiger partial charge in [0.1, 0.15) is 0 Å². The average Bonchev–Trinajstić information content (AvgIpc) is 3.03. The van der Waals surface area contributed by atoms with Crippen LogP contribution >= 0.6 is 0 Å². The van der Waals surface area contributed by atoms with Gasteiger partial charge >= 0.3 is 0 Å². The molecule has 4 aromatic rings. The Morgan fingerprint density at radius 1 is 0.714 bits per heavy atom. The summed E-state index contributed by atoms with van der Waals surface area (Å²) in [4.78, 5) is 9.96. The standard InChI is InChI=1S/C39H49N3/c1-6-41(7-2)30-38(34-16-10-31(3)11-17-34)22-26-42(27-23-38)28-24-39(37-9-8-25-40-29-37,35-18-12-32(4)13-19-35)36-20-14-33(5)15-21-36/h8-21,25,29H,6-7,22-24,26-28,30H2,1-5H3. The van der Waals surface area contributed by atoms with E-state index in [9.17, 15) is 0 Å². The van der Waals surface area contributed by atoms with Crippen LogP contribution in [0.1, 0.15) is 72.1 Å². The SMILES string of the molecule is CCN(CC)CC1(c2ccc(C)cc2)CCN(CCC(c2ccc(C)cc2)(c2ccc(C)cc2)c2cccnc2)CC1. The van der Waals surface area contributed by atoms with E-state index in [1.807, 2.05) is 6.20 Å². The topological polar surface area (TPSA) is 19.4 Å². The van der Waals surface area contributed by atoms with Crippen molar-refractivity contribution in [2.45, 2.75) is 64.7 Å². The maximum atomic E-state index is 4.62. The van der Waals surface area contributed by atoms with E-state index in [-0.39, 0.29) is 10.8 Å². The van der Waals surface area contributed by atoms with Crippen molar-refractivity contribution in [1.82, 2.24) is 14.8 Å². The molecule has 0 saturated carbocycles. The molecule has 2 heterocycles. The summed E-state index contributed by atoms with van der Waals surface area (Å²) in [5.74, 6) is 0. The number of likely N-dealkylation sites (N-methyl/N-ethyl adjacent to an activating group) is 1. The fourth-order valence-electron chi connectivity index (χ4n) is 7.08. The Morgan fingerprint density at radius 3 is 1.71 bits per heavy atom. The highest BCUT2D eigenvalue weighted by molar-refractivity contribution is 5.50. The predicted molar refractivity (Wildman–Crippen MR) is 177 cm³/mol. The van der Waals surface area contributed by atoms with E-state index in [2.05, 4.69) is 141 Å². The molecule has 1 saturated heterocycles. The molecule has 220 valence electrons. The minimum Gasteiger partial charge on any atom is -0.303 e. The van der Waals surface area contributed by atoms with Gasteiger partial charge in [-0.05, 0) is 101 Å². The Balaban J connectivity index is 1.45. The third-order valence-electron chi connectivity index (χ3n) is 9.94. The maximum Gasteiger partial charge on any atom is 0.0478 e. The first-order valence-electron chi connectivity index (χ1n) is 16.0. The molecule has 0 radical (unpaired) electrons. The average molecular weight is 560 g/mol. The van der Waals surface area contributed by atoms with Gasteiger partial charge in [-0.2, -0.15) is 0 Å². The van der Waals surface area contributed by atoms with E-state index in [1.54, 1.807) is 0 Å². The number of aryl methyl sites for hydroxylation is 3. The fourth-order valence-corrected chi connectivity index (χ4v) is 7.08. The number of hydrogen-bond acceptors (Lipinski definition) is 3. The van der Waals surface area contributed by atoms with Crippen molar-refractivity contribution in [3.8, 4) is 0 Å². The number of pyridine rings is 1. The summed E-state index contributed by atoms with van der Waals surface area (Å²) in [6, 6.07) is 32.2. The largest absolute Gasteiger partial charge is 0.303 e. The zero-order valence-corrected chi connectivity index (χ0v) is 26.4. The van der Waals surface area contributed by atoms with E-state index in [1.165, 1.54) is 51.8 Å². The van der Waals surface area contributed by atoms with Crippen LogP contribution in [-0.4, -0.2) is 54.1 Å². The Labute approximate surface area is 254 Å². The number of hydrogen-bond donors (Lipinski definition) is 0. The van der Waals surface area contributed by atoms with Crippen molar-refractivity contribution in [3.63, 3.8) is 0 Å². The number of nitrogens with zero attached hydrogens (tertiary/aromatic N) is 3. The fraction of sp³-hybridized carbons (Fsp3) is 0.410. The third-order valence-corrected chi connectivity index (χ3v) is 9.94. The van der Waals surface area contributed by atoms with Crippen LogP contribution in [0, 0.1) is 20.8 Å². The van der Waals surface area contributed by atoms with Crippen LogP contribution in [0.2, 0.25) is 0 Å². The Hall–Kier alpha value is -3.27. The van der Waals surface area contributed by atoms with Crippen molar-refractivity contribution in [3.05, 3.63) is 136 Å². The summed E-state index contributed by atoms with van der Waals surface area (Å²) in [6.45, 7) is 17.8. The van der Waals surface area contributed by atoms with Crippen LogP contribution in [0.4, 0.5) is 0 Å². The maximum absolute atomic E-state index is 4.62. The Bertz CT molecular complexity index is 1330. The van der Waals surface area contributed by atoms with Gasteiger partial charge in [0.15, 0.2) is 0 Å². The first kappa shape index (κ1) is 30.2. The number of rotatable bonds is 11. The number of benzene rings is 3. The molecule has 3 aromatic carbocycles. The van der Waals surface area contributed by atoms with Gasteiger partial charge in [0.05, 0.1) is 0 Å². The smallest absolute Gasteiger partial charge is 0.0478 e. The second-order valence-electron chi connectivity index (χ2n) is 12.6. The van der Waals surface area contributed by atoms with Gasteiger partial charge in [-0.1, -0.05) is 109 Å². The van der Waals surface area contributed by atoms with Crippen LogP contribution < -0.4 is 0 Å². The van der Waals surface area contributed by atoms with E-state index < -0.39 is 0 Å². The molecule has 0 atom stereocenters. The second-order valence-corrected chi connectivity index (χ2v) is 12.6. The van der Waals surface area contributed by atoms with Crippen LogP contribution in [0.15, 0.2) is 97.3 Å². The van der Waals surface area contributed by atoms with Crippen molar-refractivity contribution < 1.29 is 0 Å². The van der Waals surface area contributed by atoms with Crippen LogP contribution in [-0.2, 0) is 10.8 Å². The molecule has 0 amide bonds. The minimum atomic E-state index is -0.262. The van der Waals surface area contributed by atoms with E-state index in [0.29, 0.717) is 0 Å². The van der Waals surface area contributed by atoms with Gasteiger partial charge in [0.25, 0.3) is 0 Å². The van der Waals surface area contributed by atoms with Gasteiger partial charge in [0, 0.05) is 29.8 Å². The summed E-state index contributed by atoms with van der Waals surface area (Å²) in [5, 5.41) is 0. The van der Waals surface area contributed by atoms with Gasteiger partial charge in [0.2, 0.25) is 0 Å². The molecule has 0 bridgehead atoms. The van der Waals surface area contributed by atoms with Gasteiger partial charge in [-0.25, -0.2) is 0 Å². The Morgan fingerprint density at radius 2 is 1.24 bits per heavy atom. The quantitative estimate of drug-likeness (QED) is 0.185. The third kappa shape index (κ3) is 6.38. The minimum absolute atomic E-state index is 0.213. The summed E-state index contributed by atoms with van der Waals surface area (Å²) >= 11 is 0. The van der Waals surface area contributed by atoms with Crippen LogP contribution in [0.3, 0.4) is 0 Å². The van der Waals surface area contributed by atoms with E-state index in [0.717, 1.165) is 45.7 Å². The van der Waals surface area contributed by atoms with Gasteiger partial charge in [-0.15, -0.1) is 0 Å². The van der Waals surface area contributed by atoms with Gasteiger partial charge < -0.3 is 9.80 Å². The molecule has 0 aliphatic carbocycles. The summed E-state index contributed by atoms with van der Waals surface area (Å²) < 4.78 is 0. The van der Waals surface area contributed by atoms with Gasteiger partial charge in [-0.3, -0.25) is 4.98 Å². The second kappa shape index (κ2) is 13.4. The predicted octanol–water partition coefficient (Wildman–Crippen LogP) is 8.11. The highest BCUT2D eigenvalue weighted by Crippen LogP contribution is 2.43. The molecule has 1 aliphatic heterocycles. The zero-order chi connectivity index (χ0) is 29.6. The highest BCUT2D eigenvalue weighted by atomic mass is 15.2. The molecule has 3 heteroatoms. The van der Waals surface area contributed by atoms with E-state index >= 15 is 0 Å². The normalized spacial score (nSPS) is 15.7. The monoisotopic (exact) mass is 559 g/mol. The summed E-state index contributed by atoms with van der Waals surface area (Å²) in [7, 11) is 0. The number of piperidine rings is 1. The molecule has 42 heavy (non-hydrogen) atoms. The molecule has 1 fully saturated rings. The first-order chi connectivity index (χ1) is 20.4. The van der Waals surface area contributed by atoms with Crippen LogP contribution in [0.5, 0.6) is 0 Å². The molecule has 1 aliphatic rings. The summed E-state index contributed by atoms with van der Waals surface area (Å²) in [6.07, 6.45) is 7.38. The molecule has 0 spiro atoms. The van der Waals surface area contributed by atoms with Crippen molar-refractivity contribution in [2.75, 3.05) is 39.3 Å². The van der Waals surface area contributed by atoms with Crippen molar-refractivity contribution in [2.24, 2.45) is 0 Å². The molecular formula is C39H49N3. The number of aromatic nitrogens is 1. The lowest BCUT2D eigenvalue weighted by Crippen LogP contribution is -2.49. The molecule has 0 N–H and O–H groups in total. The summed E-state index contributed by atoms with van der Waals surface area (Å²) in [5.41, 5.74) is 9.35.